The van der Waals surface area contributed by atoms with Crippen LogP contribution in [0.15, 0.2) is 47.3 Å². The molecule has 1 heterocycles. The number of benzene rings is 2. The summed E-state index contributed by atoms with van der Waals surface area (Å²) in [6.45, 7) is 5.98. The van der Waals surface area contributed by atoms with E-state index >= 15 is 0 Å². The molecule has 2 aromatic carbocycles. The third-order valence-corrected chi connectivity index (χ3v) is 4.73. The van der Waals surface area contributed by atoms with Gasteiger partial charge < -0.3 is 14.6 Å². The zero-order valence-corrected chi connectivity index (χ0v) is 16.7. The molecule has 0 fully saturated rings. The van der Waals surface area contributed by atoms with E-state index in [0.717, 1.165) is 11.1 Å². The molecular formula is C22H23N3O4. The van der Waals surface area contributed by atoms with Gasteiger partial charge in [0.05, 0.1) is 16.6 Å². The number of aryl methyl sites for hydroxylation is 3. The van der Waals surface area contributed by atoms with Gasteiger partial charge in [-0.25, -0.2) is 9.78 Å². The fourth-order valence-electron chi connectivity index (χ4n) is 3.08. The first kappa shape index (κ1) is 20.3. The highest BCUT2D eigenvalue weighted by atomic mass is 16.5. The molecule has 1 aromatic heterocycles. The Kier molecular flexibility index (Phi) is 6.07. The van der Waals surface area contributed by atoms with Crippen LogP contribution < -0.4 is 10.9 Å². The second kappa shape index (κ2) is 8.68. The van der Waals surface area contributed by atoms with Crippen LogP contribution >= 0.6 is 0 Å². The van der Waals surface area contributed by atoms with Gasteiger partial charge in [0.2, 0.25) is 0 Å². The van der Waals surface area contributed by atoms with E-state index in [-0.39, 0.29) is 23.6 Å². The molecular weight excluding hydrogens is 370 g/mol. The summed E-state index contributed by atoms with van der Waals surface area (Å²) in [5.74, 6) is -0.997. The highest BCUT2D eigenvalue weighted by Gasteiger charge is 2.14. The van der Waals surface area contributed by atoms with E-state index in [1.165, 1.54) is 0 Å². The third-order valence-electron chi connectivity index (χ3n) is 4.73. The van der Waals surface area contributed by atoms with Crippen LogP contribution in [0.25, 0.3) is 11.0 Å². The lowest BCUT2D eigenvalue weighted by atomic mass is 10.1. The Bertz CT molecular complexity index is 1130. The van der Waals surface area contributed by atoms with Crippen molar-refractivity contribution in [1.82, 2.24) is 14.9 Å². The predicted octanol–water partition coefficient (Wildman–Crippen LogP) is 2.51. The minimum absolute atomic E-state index is 0.152. The third kappa shape index (κ3) is 4.51. The molecule has 0 aliphatic carbocycles. The first-order valence-corrected chi connectivity index (χ1v) is 9.40. The summed E-state index contributed by atoms with van der Waals surface area (Å²) in [6.07, 6.45) is 0. The number of ether oxygens (including phenoxy) is 1. The summed E-state index contributed by atoms with van der Waals surface area (Å²) in [5.41, 5.74) is 3.75. The van der Waals surface area contributed by atoms with Gasteiger partial charge in [0, 0.05) is 13.1 Å². The second-order valence-corrected chi connectivity index (χ2v) is 6.73. The van der Waals surface area contributed by atoms with E-state index in [9.17, 15) is 14.4 Å². The van der Waals surface area contributed by atoms with Crippen LogP contribution in [0.1, 0.15) is 34.1 Å². The molecule has 0 saturated carbocycles. The lowest BCUT2D eigenvalue weighted by Crippen LogP contribution is -2.28. The van der Waals surface area contributed by atoms with Crippen molar-refractivity contribution in [2.24, 2.45) is 0 Å². The number of esters is 1. The molecule has 29 heavy (non-hydrogen) atoms. The number of carbonyl (C=O) groups excluding carboxylic acids is 2. The summed E-state index contributed by atoms with van der Waals surface area (Å²) in [6, 6.07) is 12.5. The van der Waals surface area contributed by atoms with Crippen molar-refractivity contribution in [3.8, 4) is 0 Å². The molecule has 7 nitrogen and oxygen atoms in total. The number of fused-ring (bicyclic) bond motifs is 1. The van der Waals surface area contributed by atoms with Crippen molar-refractivity contribution >= 4 is 22.9 Å². The summed E-state index contributed by atoms with van der Waals surface area (Å²) >= 11 is 0. The van der Waals surface area contributed by atoms with Gasteiger partial charge in [-0.15, -0.1) is 0 Å². The zero-order valence-electron chi connectivity index (χ0n) is 16.7. The maximum Gasteiger partial charge on any atom is 0.338 e. The molecule has 0 atom stereocenters. The topological polar surface area (TPSA) is 90.3 Å². The Morgan fingerprint density at radius 1 is 1.14 bits per heavy atom. The summed E-state index contributed by atoms with van der Waals surface area (Å²) in [5, 5.41) is 2.74. The van der Waals surface area contributed by atoms with E-state index < -0.39 is 5.97 Å². The minimum Gasteiger partial charge on any atom is -0.452 e. The molecule has 3 aromatic rings. The van der Waals surface area contributed by atoms with Crippen LogP contribution in [0, 0.1) is 13.8 Å². The largest absolute Gasteiger partial charge is 0.452 e. The number of nitrogens with one attached hydrogen (secondary N) is 1. The Balaban J connectivity index is 1.65. The van der Waals surface area contributed by atoms with Crippen LogP contribution in [-0.2, 0) is 22.6 Å². The van der Waals surface area contributed by atoms with Crippen molar-refractivity contribution in [2.45, 2.75) is 33.9 Å². The van der Waals surface area contributed by atoms with Crippen molar-refractivity contribution in [3.63, 3.8) is 0 Å². The first-order chi connectivity index (χ1) is 13.9. The van der Waals surface area contributed by atoms with E-state index in [1.54, 1.807) is 29.7 Å². The molecule has 7 heteroatoms. The van der Waals surface area contributed by atoms with Crippen molar-refractivity contribution in [2.75, 3.05) is 6.61 Å². The molecule has 1 amide bonds. The molecule has 0 aliphatic rings. The highest BCUT2D eigenvalue weighted by molar-refractivity contribution is 5.94. The van der Waals surface area contributed by atoms with E-state index in [2.05, 4.69) is 10.3 Å². The van der Waals surface area contributed by atoms with Crippen LogP contribution in [0.3, 0.4) is 0 Å². The van der Waals surface area contributed by atoms with Crippen LogP contribution in [-0.4, -0.2) is 28.0 Å². The quantitative estimate of drug-likeness (QED) is 0.650. The SMILES string of the molecule is CCn1c(=O)c(C)nc2cc(C(=O)OCC(=O)NCc3ccccc3C)ccc21. The maximum absolute atomic E-state index is 12.3. The monoisotopic (exact) mass is 393 g/mol. The number of nitrogens with zero attached hydrogens (tertiary/aromatic N) is 2. The number of hydrogen-bond donors (Lipinski definition) is 1. The second-order valence-electron chi connectivity index (χ2n) is 6.73. The number of carbonyl (C=O) groups is 2. The molecule has 3 rings (SSSR count). The maximum atomic E-state index is 12.3. The van der Waals surface area contributed by atoms with Gasteiger partial charge in [-0.3, -0.25) is 9.59 Å². The van der Waals surface area contributed by atoms with E-state index in [4.69, 9.17) is 4.74 Å². The van der Waals surface area contributed by atoms with Gasteiger partial charge in [0.1, 0.15) is 5.69 Å². The molecule has 150 valence electrons. The molecule has 0 spiro atoms. The summed E-state index contributed by atoms with van der Waals surface area (Å²) < 4.78 is 6.72. The van der Waals surface area contributed by atoms with Crippen molar-refractivity contribution in [3.05, 3.63) is 75.2 Å². The minimum atomic E-state index is -0.619. The highest BCUT2D eigenvalue weighted by Crippen LogP contribution is 2.14. The van der Waals surface area contributed by atoms with Crippen LogP contribution in [0.2, 0.25) is 0 Å². The van der Waals surface area contributed by atoms with Gasteiger partial charge in [0.25, 0.3) is 11.5 Å². The average molecular weight is 393 g/mol. The van der Waals surface area contributed by atoms with Gasteiger partial charge >= 0.3 is 5.97 Å². The Morgan fingerprint density at radius 2 is 1.90 bits per heavy atom. The number of aromatic nitrogens is 2. The standard InChI is InChI=1S/C22H23N3O4/c1-4-25-19-10-9-16(11-18(19)24-15(3)21(25)27)22(28)29-13-20(26)23-12-17-8-6-5-7-14(17)2/h5-11H,4,12-13H2,1-3H3,(H,23,26). The lowest BCUT2D eigenvalue weighted by molar-refractivity contribution is -0.124. The van der Waals surface area contributed by atoms with Crippen LogP contribution in [0.4, 0.5) is 0 Å². The van der Waals surface area contributed by atoms with E-state index in [0.29, 0.717) is 29.8 Å². The number of rotatable bonds is 6. The van der Waals surface area contributed by atoms with Gasteiger partial charge in [-0.05, 0) is 50.1 Å². The molecule has 0 bridgehead atoms. The molecule has 0 aliphatic heterocycles. The molecule has 0 unspecified atom stereocenters. The Labute approximate surface area is 168 Å². The number of hydrogen-bond acceptors (Lipinski definition) is 5. The first-order valence-electron chi connectivity index (χ1n) is 9.40. The molecule has 0 radical (unpaired) electrons. The fourth-order valence-corrected chi connectivity index (χ4v) is 3.08. The van der Waals surface area contributed by atoms with Crippen molar-refractivity contribution in [1.29, 1.82) is 0 Å². The van der Waals surface area contributed by atoms with Crippen molar-refractivity contribution < 1.29 is 14.3 Å². The van der Waals surface area contributed by atoms with Gasteiger partial charge in [-0.1, -0.05) is 24.3 Å². The Hall–Kier alpha value is -3.48. The van der Waals surface area contributed by atoms with Crippen LogP contribution in [0.5, 0.6) is 0 Å². The smallest absolute Gasteiger partial charge is 0.338 e. The lowest BCUT2D eigenvalue weighted by Gasteiger charge is -2.10. The summed E-state index contributed by atoms with van der Waals surface area (Å²) in [4.78, 5) is 40.8. The average Bonchev–Trinajstić information content (AvgIpc) is 2.72. The number of amides is 1. The Morgan fingerprint density at radius 3 is 2.62 bits per heavy atom. The summed E-state index contributed by atoms with van der Waals surface area (Å²) in [7, 11) is 0. The van der Waals surface area contributed by atoms with Gasteiger partial charge in [0.15, 0.2) is 6.61 Å². The normalized spacial score (nSPS) is 10.7. The molecule has 0 saturated heterocycles. The zero-order chi connectivity index (χ0) is 21.0. The van der Waals surface area contributed by atoms with E-state index in [1.807, 2.05) is 38.1 Å². The predicted molar refractivity (Wildman–Crippen MR) is 110 cm³/mol. The molecule has 1 N–H and O–H groups in total. The van der Waals surface area contributed by atoms with Gasteiger partial charge in [-0.2, -0.15) is 0 Å². The fraction of sp³-hybridized carbons (Fsp3) is 0.273.